The highest BCUT2D eigenvalue weighted by Crippen LogP contribution is 2.24. The maximum Gasteiger partial charge on any atom is 0.573 e. The van der Waals surface area contributed by atoms with Crippen molar-refractivity contribution in [2.24, 2.45) is 5.73 Å². The first-order valence-corrected chi connectivity index (χ1v) is 8.51. The molecule has 1 aliphatic carbocycles. The summed E-state index contributed by atoms with van der Waals surface area (Å²) in [6, 6.07) is 2.28. The van der Waals surface area contributed by atoms with Crippen LogP contribution in [-0.2, 0) is 9.59 Å². The molecule has 0 fully saturated rings. The van der Waals surface area contributed by atoms with Gasteiger partial charge >= 0.3 is 12.4 Å². The lowest BCUT2D eigenvalue weighted by atomic mass is 9.90. The number of rotatable bonds is 6. The van der Waals surface area contributed by atoms with Crippen LogP contribution in [0.2, 0.25) is 0 Å². The van der Waals surface area contributed by atoms with E-state index in [1.165, 1.54) is 6.08 Å². The minimum absolute atomic E-state index is 0.0213. The summed E-state index contributed by atoms with van der Waals surface area (Å²) in [4.78, 5) is 34.9. The van der Waals surface area contributed by atoms with Crippen molar-refractivity contribution in [1.82, 2.24) is 10.6 Å². The fourth-order valence-corrected chi connectivity index (χ4v) is 2.60. The molecule has 1 aromatic rings. The van der Waals surface area contributed by atoms with Gasteiger partial charge in [-0.2, -0.15) is 0 Å². The van der Waals surface area contributed by atoms with Crippen molar-refractivity contribution >= 4 is 23.5 Å². The molecule has 0 spiro atoms. The Labute approximate surface area is 167 Å². The number of benzene rings is 1. The minimum Gasteiger partial charge on any atom is -0.406 e. The van der Waals surface area contributed by atoms with Gasteiger partial charge in [-0.1, -0.05) is 6.08 Å². The van der Waals surface area contributed by atoms with E-state index >= 15 is 0 Å². The van der Waals surface area contributed by atoms with Crippen LogP contribution in [0.4, 0.5) is 23.7 Å². The normalized spacial score (nSPS) is 21.2. The number of primary amides is 1. The first-order chi connectivity index (χ1) is 13.9. The number of amides is 4. The Bertz CT molecular complexity index is 828. The average Bonchev–Trinajstić information content (AvgIpc) is 2.63. The number of aliphatic hydroxyl groups excluding tert-OH is 2. The molecule has 10 nitrogen and oxygen atoms in total. The second kappa shape index (κ2) is 9.45. The van der Waals surface area contributed by atoms with E-state index < -0.39 is 54.8 Å². The average molecular weight is 432 g/mol. The number of carbonyl (C=O) groups excluding carboxylic acids is 3. The van der Waals surface area contributed by atoms with E-state index in [4.69, 9.17) is 5.73 Å². The minimum atomic E-state index is -4.85. The predicted molar refractivity (Wildman–Crippen MR) is 96.0 cm³/mol. The van der Waals surface area contributed by atoms with Crippen LogP contribution in [0, 0.1) is 0 Å². The molecule has 13 heteroatoms. The SMILES string of the molecule is NC(=O)CNC(=O)C1=CC(NC(=O)Nc2ccc(OC(F)(F)F)cc2)C(O)C(O)C1. The van der Waals surface area contributed by atoms with Crippen molar-refractivity contribution in [3.63, 3.8) is 0 Å². The van der Waals surface area contributed by atoms with Crippen molar-refractivity contribution in [1.29, 1.82) is 0 Å². The van der Waals surface area contributed by atoms with Gasteiger partial charge in [-0.15, -0.1) is 13.2 Å². The van der Waals surface area contributed by atoms with Crippen molar-refractivity contribution < 1.29 is 42.5 Å². The molecule has 1 aliphatic rings. The number of hydrogen-bond donors (Lipinski definition) is 6. The maximum atomic E-state index is 12.2. The van der Waals surface area contributed by atoms with E-state index in [9.17, 15) is 37.8 Å². The van der Waals surface area contributed by atoms with E-state index in [1.54, 1.807) is 0 Å². The Morgan fingerprint density at radius 2 is 1.80 bits per heavy atom. The van der Waals surface area contributed by atoms with Crippen LogP contribution in [0.1, 0.15) is 6.42 Å². The molecule has 0 radical (unpaired) electrons. The van der Waals surface area contributed by atoms with Crippen LogP contribution in [0.5, 0.6) is 5.75 Å². The van der Waals surface area contributed by atoms with Crippen LogP contribution in [-0.4, -0.2) is 59.2 Å². The summed E-state index contributed by atoms with van der Waals surface area (Å²) in [5, 5.41) is 26.9. The van der Waals surface area contributed by atoms with Gasteiger partial charge < -0.3 is 36.6 Å². The van der Waals surface area contributed by atoms with Gasteiger partial charge in [0.2, 0.25) is 11.8 Å². The van der Waals surface area contributed by atoms with Crippen molar-refractivity contribution in [2.45, 2.75) is 31.0 Å². The highest BCUT2D eigenvalue weighted by atomic mass is 19.4. The molecule has 0 saturated heterocycles. The molecule has 0 aliphatic heterocycles. The van der Waals surface area contributed by atoms with Gasteiger partial charge in [0, 0.05) is 17.7 Å². The third-order valence-corrected chi connectivity index (χ3v) is 3.93. The molecule has 4 amide bonds. The zero-order valence-electron chi connectivity index (χ0n) is 15.3. The van der Waals surface area contributed by atoms with Crippen LogP contribution >= 0.6 is 0 Å². The van der Waals surface area contributed by atoms with Gasteiger partial charge in [0.15, 0.2) is 0 Å². The molecule has 0 bridgehead atoms. The molecule has 7 N–H and O–H groups in total. The van der Waals surface area contributed by atoms with Crippen LogP contribution < -0.4 is 26.4 Å². The monoisotopic (exact) mass is 432 g/mol. The summed E-state index contributed by atoms with van der Waals surface area (Å²) < 4.78 is 40.2. The standard InChI is InChI=1S/C17H19F3N4O6/c18-17(19,20)30-10-3-1-9(2-4-10)23-16(29)24-11-5-8(6-12(25)14(11)27)15(28)22-7-13(21)26/h1-5,11-12,14,25,27H,6-7H2,(H2,21,26)(H,22,28)(H2,23,24,29). The van der Waals surface area contributed by atoms with Gasteiger partial charge in [-0.05, 0) is 24.3 Å². The molecule has 164 valence electrons. The number of alkyl halides is 3. The maximum absolute atomic E-state index is 12.2. The van der Waals surface area contributed by atoms with Gasteiger partial charge in [0.1, 0.15) is 11.9 Å². The number of anilines is 1. The molecule has 3 unspecified atom stereocenters. The molecule has 1 aromatic carbocycles. The predicted octanol–water partition coefficient (Wildman–Crippen LogP) is -0.271. The highest BCUT2D eigenvalue weighted by molar-refractivity contribution is 5.96. The molecule has 0 aromatic heterocycles. The number of aliphatic hydroxyl groups is 2. The van der Waals surface area contributed by atoms with Crippen LogP contribution in [0.3, 0.4) is 0 Å². The third kappa shape index (κ3) is 6.93. The molecule has 2 rings (SSSR count). The van der Waals surface area contributed by atoms with Gasteiger partial charge in [-0.25, -0.2) is 4.79 Å². The second-order valence-corrected chi connectivity index (χ2v) is 6.30. The summed E-state index contributed by atoms with van der Waals surface area (Å²) in [6.45, 7) is -0.429. The fraction of sp³-hybridized carbons (Fsp3) is 0.353. The van der Waals surface area contributed by atoms with E-state index in [2.05, 4.69) is 20.7 Å². The number of ether oxygens (including phenoxy) is 1. The Kier molecular flexibility index (Phi) is 7.24. The summed E-state index contributed by atoms with van der Waals surface area (Å²) in [6.07, 6.45) is -6.64. The second-order valence-electron chi connectivity index (χ2n) is 6.30. The largest absolute Gasteiger partial charge is 0.573 e. The number of nitrogens with one attached hydrogen (secondary N) is 3. The Hall–Kier alpha value is -3.32. The van der Waals surface area contributed by atoms with Gasteiger partial charge in [-0.3, -0.25) is 9.59 Å². The van der Waals surface area contributed by atoms with E-state index in [-0.39, 0.29) is 17.7 Å². The lowest BCUT2D eigenvalue weighted by Crippen LogP contribution is -2.52. The number of halogens is 3. The fourth-order valence-electron chi connectivity index (χ4n) is 2.60. The first-order valence-electron chi connectivity index (χ1n) is 8.51. The van der Waals surface area contributed by atoms with E-state index in [1.807, 2.05) is 0 Å². The highest BCUT2D eigenvalue weighted by Gasteiger charge is 2.34. The topological polar surface area (TPSA) is 163 Å². The van der Waals surface area contributed by atoms with Crippen molar-refractivity contribution in [2.75, 3.05) is 11.9 Å². The van der Waals surface area contributed by atoms with Crippen LogP contribution in [0.15, 0.2) is 35.9 Å². The molecule has 0 saturated carbocycles. The molecule has 0 heterocycles. The summed E-state index contributed by atoms with van der Waals surface area (Å²) >= 11 is 0. The lowest BCUT2D eigenvalue weighted by molar-refractivity contribution is -0.274. The summed E-state index contributed by atoms with van der Waals surface area (Å²) in [5.41, 5.74) is 5.08. The molecular weight excluding hydrogens is 413 g/mol. The smallest absolute Gasteiger partial charge is 0.406 e. The number of hydrogen-bond acceptors (Lipinski definition) is 6. The molecule has 3 atom stereocenters. The van der Waals surface area contributed by atoms with E-state index in [0.29, 0.717) is 0 Å². The number of carbonyl (C=O) groups is 3. The van der Waals surface area contributed by atoms with Crippen LogP contribution in [0.25, 0.3) is 0 Å². The third-order valence-electron chi connectivity index (χ3n) is 3.93. The summed E-state index contributed by atoms with van der Waals surface area (Å²) in [7, 11) is 0. The summed E-state index contributed by atoms with van der Waals surface area (Å²) in [5.74, 6) is -1.96. The van der Waals surface area contributed by atoms with Gasteiger partial charge in [0.25, 0.3) is 0 Å². The molecule has 30 heavy (non-hydrogen) atoms. The Morgan fingerprint density at radius 1 is 1.17 bits per heavy atom. The lowest BCUT2D eigenvalue weighted by Gasteiger charge is -2.31. The number of urea groups is 1. The number of nitrogens with two attached hydrogens (primary N) is 1. The molecular formula is C17H19F3N4O6. The Balaban J connectivity index is 2.00. The Morgan fingerprint density at radius 3 is 2.37 bits per heavy atom. The zero-order chi connectivity index (χ0) is 22.5. The van der Waals surface area contributed by atoms with Crippen molar-refractivity contribution in [3.05, 3.63) is 35.9 Å². The van der Waals surface area contributed by atoms with Crippen molar-refractivity contribution in [3.8, 4) is 5.75 Å². The van der Waals surface area contributed by atoms with Gasteiger partial charge in [0.05, 0.1) is 18.7 Å². The first kappa shape index (κ1) is 23.0. The zero-order valence-corrected chi connectivity index (χ0v) is 15.3. The van der Waals surface area contributed by atoms with E-state index in [0.717, 1.165) is 24.3 Å². The quantitative estimate of drug-likeness (QED) is 0.362.